The van der Waals surface area contributed by atoms with Crippen LogP contribution in [0.3, 0.4) is 0 Å². The molecule has 3 nitrogen and oxygen atoms in total. The molecule has 2 rings (SSSR count). The molecule has 1 N–H and O–H groups in total. The van der Waals surface area contributed by atoms with Crippen LogP contribution in [0, 0.1) is 5.92 Å². The van der Waals surface area contributed by atoms with Gasteiger partial charge in [0.2, 0.25) is 0 Å². The first-order valence-electron chi connectivity index (χ1n) is 7.21. The molecule has 0 radical (unpaired) electrons. The van der Waals surface area contributed by atoms with Crippen molar-refractivity contribution in [1.82, 2.24) is 9.88 Å². The maximum Gasteiger partial charge on any atom is 0.0754 e. The Bertz CT molecular complexity index is 353. The number of hydrogen-bond donors (Lipinski definition) is 1. The van der Waals surface area contributed by atoms with Gasteiger partial charge in [0.1, 0.15) is 0 Å². The Morgan fingerprint density at radius 3 is 2.94 bits per heavy atom. The quantitative estimate of drug-likeness (QED) is 0.840. The Morgan fingerprint density at radius 2 is 2.33 bits per heavy atom. The van der Waals surface area contributed by atoms with E-state index in [4.69, 9.17) is 4.74 Å². The predicted molar refractivity (Wildman–Crippen MR) is 74.7 cm³/mol. The van der Waals surface area contributed by atoms with E-state index in [1.165, 1.54) is 18.4 Å². The first-order valence-corrected chi connectivity index (χ1v) is 7.21. The summed E-state index contributed by atoms with van der Waals surface area (Å²) in [5.74, 6) is 0.614. The predicted octanol–water partition coefficient (Wildman–Crippen LogP) is 2.97. The molecule has 3 heteroatoms. The summed E-state index contributed by atoms with van der Waals surface area (Å²) in [6, 6.07) is 2.70. The summed E-state index contributed by atoms with van der Waals surface area (Å²) < 4.78 is 7.96. The van der Waals surface area contributed by atoms with Crippen LogP contribution in [-0.2, 0) is 11.3 Å². The van der Waals surface area contributed by atoms with Gasteiger partial charge < -0.3 is 14.6 Å². The van der Waals surface area contributed by atoms with Crippen molar-refractivity contribution in [2.24, 2.45) is 5.92 Å². The highest BCUT2D eigenvalue weighted by Crippen LogP contribution is 2.22. The molecule has 0 amide bonds. The van der Waals surface area contributed by atoms with Crippen molar-refractivity contribution in [1.29, 1.82) is 0 Å². The highest BCUT2D eigenvalue weighted by molar-refractivity contribution is 5.16. The number of aromatic nitrogens is 1. The van der Waals surface area contributed by atoms with Crippen LogP contribution in [0.1, 0.15) is 45.2 Å². The Hall–Kier alpha value is -0.800. The Balaban J connectivity index is 1.98. The fourth-order valence-corrected chi connectivity index (χ4v) is 2.74. The molecule has 18 heavy (non-hydrogen) atoms. The van der Waals surface area contributed by atoms with E-state index in [1.807, 2.05) is 0 Å². The lowest BCUT2D eigenvalue weighted by Gasteiger charge is -2.20. The average molecular weight is 250 g/mol. The second kappa shape index (κ2) is 6.39. The van der Waals surface area contributed by atoms with Crippen LogP contribution in [0.25, 0.3) is 0 Å². The number of rotatable bonds is 6. The van der Waals surface area contributed by atoms with Crippen molar-refractivity contribution in [2.75, 3.05) is 13.2 Å². The third-order valence-electron chi connectivity index (χ3n) is 3.66. The van der Waals surface area contributed by atoms with Gasteiger partial charge >= 0.3 is 0 Å². The number of nitrogens with zero attached hydrogens (tertiary/aromatic N) is 1. The van der Waals surface area contributed by atoms with E-state index < -0.39 is 0 Å². The smallest absolute Gasteiger partial charge is 0.0754 e. The lowest BCUT2D eigenvalue weighted by atomic mass is 9.98. The Labute approximate surface area is 111 Å². The van der Waals surface area contributed by atoms with Gasteiger partial charge in [0, 0.05) is 31.6 Å². The standard InChI is InChI=1S/C15H26N2O/c1-4-16-15(12(2)3)13-7-8-17(10-13)11-14-6-5-9-18-14/h7-8,10,12,14-16H,4-6,9,11H2,1-3H3. The van der Waals surface area contributed by atoms with Crippen LogP contribution in [0.5, 0.6) is 0 Å². The largest absolute Gasteiger partial charge is 0.376 e. The van der Waals surface area contributed by atoms with Crippen LogP contribution >= 0.6 is 0 Å². The lowest BCUT2D eigenvalue weighted by Crippen LogP contribution is -2.25. The number of ether oxygens (including phenoxy) is 1. The molecule has 1 aliphatic rings. The molecule has 1 aromatic heterocycles. The Morgan fingerprint density at radius 1 is 1.50 bits per heavy atom. The molecule has 1 saturated heterocycles. The average Bonchev–Trinajstić information content (AvgIpc) is 2.97. The van der Waals surface area contributed by atoms with Gasteiger partial charge in [-0.3, -0.25) is 0 Å². The minimum atomic E-state index is 0.418. The SMILES string of the molecule is CCNC(c1ccn(CC2CCCO2)c1)C(C)C. The minimum absolute atomic E-state index is 0.418. The molecule has 102 valence electrons. The summed E-state index contributed by atoms with van der Waals surface area (Å²) in [6.07, 6.45) is 7.29. The van der Waals surface area contributed by atoms with E-state index >= 15 is 0 Å². The van der Waals surface area contributed by atoms with Crippen LogP contribution in [-0.4, -0.2) is 23.8 Å². The summed E-state index contributed by atoms with van der Waals surface area (Å²) in [5.41, 5.74) is 1.39. The molecule has 2 atom stereocenters. The molecule has 0 aromatic carbocycles. The molecule has 2 unspecified atom stereocenters. The fraction of sp³-hybridized carbons (Fsp3) is 0.733. The maximum absolute atomic E-state index is 5.69. The van der Waals surface area contributed by atoms with Crippen molar-refractivity contribution in [3.8, 4) is 0 Å². The first kappa shape index (κ1) is 13.6. The van der Waals surface area contributed by atoms with E-state index in [9.17, 15) is 0 Å². The van der Waals surface area contributed by atoms with Crippen LogP contribution in [0.2, 0.25) is 0 Å². The van der Waals surface area contributed by atoms with Gasteiger partial charge in [-0.2, -0.15) is 0 Å². The van der Waals surface area contributed by atoms with Crippen molar-refractivity contribution < 1.29 is 4.74 Å². The molecule has 1 aromatic rings. The summed E-state index contributed by atoms with van der Waals surface area (Å²) in [6.45, 7) is 9.65. The van der Waals surface area contributed by atoms with E-state index in [1.54, 1.807) is 0 Å². The second-order valence-electron chi connectivity index (χ2n) is 5.56. The van der Waals surface area contributed by atoms with Crippen molar-refractivity contribution in [2.45, 2.75) is 52.3 Å². The topological polar surface area (TPSA) is 26.2 Å². The van der Waals surface area contributed by atoms with Gasteiger partial charge in [0.05, 0.1) is 6.10 Å². The minimum Gasteiger partial charge on any atom is -0.376 e. The zero-order valence-electron chi connectivity index (χ0n) is 11.9. The molecule has 0 saturated carbocycles. The Kier molecular flexibility index (Phi) is 4.84. The molecule has 1 aliphatic heterocycles. The lowest BCUT2D eigenvalue weighted by molar-refractivity contribution is 0.0970. The molecular formula is C15H26N2O. The van der Waals surface area contributed by atoms with Gasteiger partial charge in [-0.15, -0.1) is 0 Å². The molecule has 0 spiro atoms. The van der Waals surface area contributed by atoms with Gasteiger partial charge in [-0.05, 0) is 36.9 Å². The molecule has 0 bridgehead atoms. The molecule has 1 fully saturated rings. The van der Waals surface area contributed by atoms with Crippen LogP contribution in [0.15, 0.2) is 18.5 Å². The summed E-state index contributed by atoms with van der Waals surface area (Å²) in [5, 5.41) is 3.56. The maximum atomic E-state index is 5.69. The van der Waals surface area contributed by atoms with Gasteiger partial charge in [-0.25, -0.2) is 0 Å². The van der Waals surface area contributed by atoms with Crippen molar-refractivity contribution in [3.63, 3.8) is 0 Å². The normalized spacial score (nSPS) is 21.7. The van der Waals surface area contributed by atoms with E-state index in [2.05, 4.69) is 49.1 Å². The van der Waals surface area contributed by atoms with E-state index in [-0.39, 0.29) is 0 Å². The van der Waals surface area contributed by atoms with Crippen LogP contribution < -0.4 is 5.32 Å². The fourth-order valence-electron chi connectivity index (χ4n) is 2.74. The zero-order chi connectivity index (χ0) is 13.0. The monoisotopic (exact) mass is 250 g/mol. The zero-order valence-corrected chi connectivity index (χ0v) is 11.9. The van der Waals surface area contributed by atoms with Gasteiger partial charge in [0.15, 0.2) is 0 Å². The number of nitrogens with one attached hydrogen (secondary N) is 1. The highest BCUT2D eigenvalue weighted by atomic mass is 16.5. The van der Waals surface area contributed by atoms with Gasteiger partial charge in [-0.1, -0.05) is 20.8 Å². The number of hydrogen-bond acceptors (Lipinski definition) is 2. The van der Waals surface area contributed by atoms with E-state index in [0.717, 1.165) is 19.7 Å². The first-order chi connectivity index (χ1) is 8.70. The summed E-state index contributed by atoms with van der Waals surface area (Å²) in [7, 11) is 0. The summed E-state index contributed by atoms with van der Waals surface area (Å²) in [4.78, 5) is 0. The molecule has 2 heterocycles. The van der Waals surface area contributed by atoms with Crippen molar-refractivity contribution >= 4 is 0 Å². The summed E-state index contributed by atoms with van der Waals surface area (Å²) >= 11 is 0. The third-order valence-corrected chi connectivity index (χ3v) is 3.66. The second-order valence-corrected chi connectivity index (χ2v) is 5.56. The third kappa shape index (κ3) is 3.36. The van der Waals surface area contributed by atoms with Crippen LogP contribution in [0.4, 0.5) is 0 Å². The van der Waals surface area contributed by atoms with E-state index in [0.29, 0.717) is 18.1 Å². The highest BCUT2D eigenvalue weighted by Gasteiger charge is 2.18. The van der Waals surface area contributed by atoms with Gasteiger partial charge in [0.25, 0.3) is 0 Å². The molecular weight excluding hydrogens is 224 g/mol. The van der Waals surface area contributed by atoms with Crippen molar-refractivity contribution in [3.05, 3.63) is 24.0 Å². The molecule has 0 aliphatic carbocycles.